The molecule has 3 nitrogen and oxygen atoms in total. The second kappa shape index (κ2) is 5.01. The van der Waals surface area contributed by atoms with Gasteiger partial charge in [0, 0.05) is 18.9 Å². The van der Waals surface area contributed by atoms with Gasteiger partial charge in [0.1, 0.15) is 5.75 Å². The summed E-state index contributed by atoms with van der Waals surface area (Å²) in [6, 6.07) is 8.06. The summed E-state index contributed by atoms with van der Waals surface area (Å²) >= 11 is 0. The Morgan fingerprint density at radius 2 is 2.12 bits per heavy atom. The zero-order valence-corrected chi connectivity index (χ0v) is 9.53. The highest BCUT2D eigenvalue weighted by atomic mass is 16.5. The molecule has 1 aromatic rings. The van der Waals surface area contributed by atoms with Crippen molar-refractivity contribution in [3.05, 3.63) is 29.8 Å². The minimum atomic E-state index is 0.149. The Morgan fingerprint density at radius 1 is 1.38 bits per heavy atom. The molecule has 1 heterocycles. The fourth-order valence-corrected chi connectivity index (χ4v) is 1.90. The van der Waals surface area contributed by atoms with Crippen LogP contribution in [-0.4, -0.2) is 19.1 Å². The van der Waals surface area contributed by atoms with E-state index in [-0.39, 0.29) is 5.91 Å². The summed E-state index contributed by atoms with van der Waals surface area (Å²) in [5.74, 6) is 1.38. The molecule has 86 valence electrons. The van der Waals surface area contributed by atoms with Gasteiger partial charge in [-0.2, -0.15) is 0 Å². The van der Waals surface area contributed by atoms with Crippen molar-refractivity contribution in [2.75, 3.05) is 13.2 Å². The minimum Gasteiger partial charge on any atom is -0.494 e. The first-order valence-electron chi connectivity index (χ1n) is 5.79. The Labute approximate surface area is 95.8 Å². The van der Waals surface area contributed by atoms with Crippen LogP contribution in [0.4, 0.5) is 0 Å². The zero-order valence-electron chi connectivity index (χ0n) is 9.53. The Bertz CT molecular complexity index is 359. The second-order valence-corrected chi connectivity index (χ2v) is 4.12. The van der Waals surface area contributed by atoms with Gasteiger partial charge in [0.25, 0.3) is 0 Å². The normalized spacial score (nSPS) is 19.6. The molecule has 1 fully saturated rings. The van der Waals surface area contributed by atoms with Crippen LogP contribution >= 0.6 is 0 Å². The van der Waals surface area contributed by atoms with Crippen molar-refractivity contribution in [1.82, 2.24) is 5.32 Å². The van der Waals surface area contributed by atoms with E-state index in [1.165, 1.54) is 5.56 Å². The summed E-state index contributed by atoms with van der Waals surface area (Å²) in [6.07, 6.45) is 1.62. The summed E-state index contributed by atoms with van der Waals surface area (Å²) in [6.45, 7) is 3.60. The third kappa shape index (κ3) is 2.54. The number of hydrogen-bond donors (Lipinski definition) is 1. The van der Waals surface area contributed by atoms with Crippen molar-refractivity contribution in [3.63, 3.8) is 0 Å². The molecular formula is C13H17NO2. The largest absolute Gasteiger partial charge is 0.494 e. The first kappa shape index (κ1) is 11.0. The number of nitrogens with one attached hydrogen (secondary N) is 1. The topological polar surface area (TPSA) is 38.3 Å². The van der Waals surface area contributed by atoms with Crippen LogP contribution < -0.4 is 10.1 Å². The number of hydrogen-bond acceptors (Lipinski definition) is 2. The lowest BCUT2D eigenvalue weighted by atomic mass is 9.98. The summed E-state index contributed by atoms with van der Waals surface area (Å²) in [7, 11) is 0. The zero-order chi connectivity index (χ0) is 11.4. The van der Waals surface area contributed by atoms with Crippen LogP contribution in [0, 0.1) is 0 Å². The molecule has 0 saturated carbocycles. The highest BCUT2D eigenvalue weighted by Crippen LogP contribution is 2.24. The van der Waals surface area contributed by atoms with E-state index in [1.807, 2.05) is 12.1 Å². The molecule has 0 bridgehead atoms. The monoisotopic (exact) mass is 219 g/mol. The first-order valence-corrected chi connectivity index (χ1v) is 5.79. The van der Waals surface area contributed by atoms with Gasteiger partial charge in [-0.3, -0.25) is 4.79 Å². The smallest absolute Gasteiger partial charge is 0.220 e. The predicted molar refractivity (Wildman–Crippen MR) is 62.6 cm³/mol. The third-order valence-electron chi connectivity index (χ3n) is 2.80. The molecule has 1 aliphatic rings. The number of carbonyl (C=O) groups is 1. The molecule has 16 heavy (non-hydrogen) atoms. The van der Waals surface area contributed by atoms with Crippen molar-refractivity contribution in [3.8, 4) is 5.75 Å². The second-order valence-electron chi connectivity index (χ2n) is 4.12. The lowest BCUT2D eigenvalue weighted by Crippen LogP contribution is -2.13. The molecule has 1 amide bonds. The van der Waals surface area contributed by atoms with Crippen LogP contribution in [0.1, 0.15) is 31.2 Å². The van der Waals surface area contributed by atoms with Gasteiger partial charge in [-0.25, -0.2) is 0 Å². The lowest BCUT2D eigenvalue weighted by molar-refractivity contribution is -0.119. The fourth-order valence-electron chi connectivity index (χ4n) is 1.90. The van der Waals surface area contributed by atoms with Crippen LogP contribution in [0.2, 0.25) is 0 Å². The molecule has 1 aliphatic heterocycles. The van der Waals surface area contributed by atoms with Gasteiger partial charge >= 0.3 is 0 Å². The molecule has 1 atom stereocenters. The standard InChI is InChI=1S/C13H17NO2/c1-2-7-16-12-5-3-10(4-6-12)11-8-13(15)14-9-11/h3-6,11H,2,7-9H2,1H3,(H,14,15). The number of rotatable bonds is 4. The molecular weight excluding hydrogens is 202 g/mol. The van der Waals surface area contributed by atoms with Gasteiger partial charge in [-0.05, 0) is 24.1 Å². The van der Waals surface area contributed by atoms with Crippen molar-refractivity contribution < 1.29 is 9.53 Å². The molecule has 3 heteroatoms. The maximum atomic E-state index is 11.1. The van der Waals surface area contributed by atoms with E-state index in [2.05, 4.69) is 24.4 Å². The van der Waals surface area contributed by atoms with Gasteiger partial charge in [0.15, 0.2) is 0 Å². The Balaban J connectivity index is 1.99. The van der Waals surface area contributed by atoms with Gasteiger partial charge in [-0.15, -0.1) is 0 Å². The quantitative estimate of drug-likeness (QED) is 0.842. The van der Waals surface area contributed by atoms with E-state index in [1.54, 1.807) is 0 Å². The highest BCUT2D eigenvalue weighted by Gasteiger charge is 2.22. The Kier molecular flexibility index (Phi) is 3.44. The average Bonchev–Trinajstić information content (AvgIpc) is 2.74. The van der Waals surface area contributed by atoms with Crippen LogP contribution in [0.3, 0.4) is 0 Å². The Hall–Kier alpha value is -1.51. The third-order valence-corrected chi connectivity index (χ3v) is 2.80. The summed E-state index contributed by atoms with van der Waals surface area (Å²) in [4.78, 5) is 11.1. The van der Waals surface area contributed by atoms with E-state index < -0.39 is 0 Å². The maximum Gasteiger partial charge on any atom is 0.220 e. The van der Waals surface area contributed by atoms with Crippen molar-refractivity contribution in [2.45, 2.75) is 25.7 Å². The van der Waals surface area contributed by atoms with E-state index in [4.69, 9.17) is 4.74 Å². The SMILES string of the molecule is CCCOc1ccc(C2CNC(=O)C2)cc1. The highest BCUT2D eigenvalue weighted by molar-refractivity contribution is 5.79. The molecule has 1 unspecified atom stereocenters. The summed E-state index contributed by atoms with van der Waals surface area (Å²) < 4.78 is 5.51. The minimum absolute atomic E-state index is 0.149. The van der Waals surface area contributed by atoms with Gasteiger partial charge in [0.2, 0.25) is 5.91 Å². The molecule has 1 N–H and O–H groups in total. The van der Waals surface area contributed by atoms with Gasteiger partial charge in [0.05, 0.1) is 6.61 Å². The van der Waals surface area contributed by atoms with Crippen LogP contribution in [0.25, 0.3) is 0 Å². The van der Waals surface area contributed by atoms with E-state index >= 15 is 0 Å². The number of carbonyl (C=O) groups excluding carboxylic acids is 1. The lowest BCUT2D eigenvalue weighted by Gasteiger charge is -2.09. The summed E-state index contributed by atoms with van der Waals surface area (Å²) in [5, 5.41) is 2.85. The average molecular weight is 219 g/mol. The number of benzene rings is 1. The fraction of sp³-hybridized carbons (Fsp3) is 0.462. The van der Waals surface area contributed by atoms with Gasteiger partial charge in [-0.1, -0.05) is 19.1 Å². The van der Waals surface area contributed by atoms with E-state index in [0.717, 1.165) is 25.3 Å². The maximum absolute atomic E-state index is 11.1. The Morgan fingerprint density at radius 3 is 2.69 bits per heavy atom. The van der Waals surface area contributed by atoms with Crippen molar-refractivity contribution in [1.29, 1.82) is 0 Å². The molecule has 0 aromatic heterocycles. The molecule has 1 aromatic carbocycles. The number of amides is 1. The molecule has 1 saturated heterocycles. The van der Waals surface area contributed by atoms with Crippen molar-refractivity contribution >= 4 is 5.91 Å². The van der Waals surface area contributed by atoms with Gasteiger partial charge < -0.3 is 10.1 Å². The molecule has 0 spiro atoms. The molecule has 0 radical (unpaired) electrons. The van der Waals surface area contributed by atoms with E-state index in [0.29, 0.717) is 12.3 Å². The molecule has 0 aliphatic carbocycles. The van der Waals surface area contributed by atoms with Crippen LogP contribution in [0.5, 0.6) is 5.75 Å². The van der Waals surface area contributed by atoms with Crippen LogP contribution in [-0.2, 0) is 4.79 Å². The predicted octanol–water partition coefficient (Wildman–Crippen LogP) is 2.08. The summed E-state index contributed by atoms with van der Waals surface area (Å²) in [5.41, 5.74) is 1.21. The first-order chi connectivity index (χ1) is 7.79. The van der Waals surface area contributed by atoms with E-state index in [9.17, 15) is 4.79 Å². The van der Waals surface area contributed by atoms with Crippen molar-refractivity contribution in [2.24, 2.45) is 0 Å². The molecule has 2 rings (SSSR count). The van der Waals surface area contributed by atoms with Crippen LogP contribution in [0.15, 0.2) is 24.3 Å². The number of ether oxygens (including phenoxy) is 1.